The van der Waals surface area contributed by atoms with Gasteiger partial charge in [0.05, 0.1) is 17.4 Å². The molecule has 2 aromatic rings. The molecule has 0 atom stereocenters. The lowest BCUT2D eigenvalue weighted by atomic mass is 10.1. The number of nitrogens with one attached hydrogen (secondary N) is 2. The Morgan fingerprint density at radius 2 is 2.35 bits per heavy atom. The summed E-state index contributed by atoms with van der Waals surface area (Å²) < 4.78 is 0. The van der Waals surface area contributed by atoms with Crippen molar-refractivity contribution in [1.29, 1.82) is 0 Å². The van der Waals surface area contributed by atoms with E-state index in [9.17, 15) is 4.79 Å². The van der Waals surface area contributed by atoms with E-state index in [0.29, 0.717) is 19.5 Å². The van der Waals surface area contributed by atoms with Crippen molar-refractivity contribution in [2.45, 2.75) is 12.8 Å². The average molecular weight is 232 g/mol. The van der Waals surface area contributed by atoms with E-state index >= 15 is 0 Å². The molecule has 5 nitrogen and oxygen atoms in total. The van der Waals surface area contributed by atoms with Gasteiger partial charge in [0.15, 0.2) is 0 Å². The van der Waals surface area contributed by atoms with Gasteiger partial charge in [0.25, 0.3) is 0 Å². The maximum atomic E-state index is 11.2. The monoisotopic (exact) mass is 232 g/mol. The quantitative estimate of drug-likeness (QED) is 0.704. The number of amides is 1. The van der Waals surface area contributed by atoms with Crippen LogP contribution in [0.25, 0.3) is 11.0 Å². The van der Waals surface area contributed by atoms with Gasteiger partial charge in [0.2, 0.25) is 5.91 Å². The summed E-state index contributed by atoms with van der Waals surface area (Å²) in [5.41, 5.74) is 8.45. The molecule has 1 aromatic heterocycles. The first-order chi connectivity index (χ1) is 8.29. The van der Waals surface area contributed by atoms with Gasteiger partial charge in [-0.05, 0) is 24.1 Å². The summed E-state index contributed by atoms with van der Waals surface area (Å²) in [6, 6.07) is 6.05. The second-order valence-corrected chi connectivity index (χ2v) is 3.89. The predicted molar refractivity (Wildman–Crippen MR) is 66.5 cm³/mol. The Morgan fingerprint density at radius 1 is 1.47 bits per heavy atom. The van der Waals surface area contributed by atoms with Gasteiger partial charge in [0.1, 0.15) is 0 Å². The lowest BCUT2D eigenvalue weighted by Gasteiger charge is -2.04. The number of aromatic amines is 1. The molecule has 0 saturated carbocycles. The molecule has 17 heavy (non-hydrogen) atoms. The van der Waals surface area contributed by atoms with Gasteiger partial charge in [-0.15, -0.1) is 0 Å². The van der Waals surface area contributed by atoms with Crippen molar-refractivity contribution in [2.24, 2.45) is 5.73 Å². The summed E-state index contributed by atoms with van der Waals surface area (Å²) in [5.74, 6) is 0.00937. The maximum absolute atomic E-state index is 11.2. The third-order valence-corrected chi connectivity index (χ3v) is 2.59. The zero-order valence-electron chi connectivity index (χ0n) is 9.57. The van der Waals surface area contributed by atoms with Crippen LogP contribution in [0.4, 0.5) is 0 Å². The number of hydrogen-bond donors (Lipinski definition) is 3. The van der Waals surface area contributed by atoms with Crippen LogP contribution in [0.5, 0.6) is 0 Å². The van der Waals surface area contributed by atoms with Crippen LogP contribution in [0.15, 0.2) is 24.5 Å². The molecular weight excluding hydrogens is 216 g/mol. The molecule has 0 aliphatic carbocycles. The van der Waals surface area contributed by atoms with Crippen LogP contribution in [0.1, 0.15) is 12.0 Å². The zero-order valence-corrected chi connectivity index (χ0v) is 9.57. The summed E-state index contributed by atoms with van der Waals surface area (Å²) in [6.07, 6.45) is 2.88. The molecule has 0 radical (unpaired) electrons. The van der Waals surface area contributed by atoms with Crippen molar-refractivity contribution in [3.8, 4) is 0 Å². The summed E-state index contributed by atoms with van der Waals surface area (Å²) in [6.45, 7) is 1.03. The Kier molecular flexibility index (Phi) is 3.72. The molecule has 1 heterocycles. The molecule has 0 aliphatic rings. The van der Waals surface area contributed by atoms with Gasteiger partial charge in [-0.25, -0.2) is 4.98 Å². The number of carbonyl (C=O) groups is 1. The number of hydrogen-bond acceptors (Lipinski definition) is 3. The smallest absolute Gasteiger partial charge is 0.221 e. The number of benzene rings is 1. The molecule has 0 bridgehead atoms. The standard InChI is InChI=1S/C12H16N4O/c13-5-3-12(17)14-6-4-9-1-2-10-11(7-9)16-8-15-10/h1-2,7-8H,3-6,13H2,(H,14,17)(H,15,16). The number of nitrogens with two attached hydrogens (primary N) is 1. The Hall–Kier alpha value is -1.88. The zero-order chi connectivity index (χ0) is 12.1. The average Bonchev–Trinajstić information content (AvgIpc) is 2.76. The summed E-state index contributed by atoms with van der Waals surface area (Å²) >= 11 is 0. The molecule has 90 valence electrons. The fraction of sp³-hybridized carbons (Fsp3) is 0.333. The first-order valence-electron chi connectivity index (χ1n) is 5.68. The van der Waals surface area contributed by atoms with E-state index in [1.165, 1.54) is 5.56 Å². The van der Waals surface area contributed by atoms with E-state index in [-0.39, 0.29) is 5.91 Å². The predicted octanol–water partition coefficient (Wildman–Crippen LogP) is 0.570. The Bertz CT molecular complexity index is 506. The molecule has 0 unspecified atom stereocenters. The highest BCUT2D eigenvalue weighted by Gasteiger charge is 2.01. The van der Waals surface area contributed by atoms with Gasteiger partial charge < -0.3 is 16.0 Å². The minimum atomic E-state index is 0.00937. The summed E-state index contributed by atoms with van der Waals surface area (Å²) in [5, 5.41) is 2.83. The number of carbonyl (C=O) groups excluding carboxylic acids is 1. The summed E-state index contributed by atoms with van der Waals surface area (Å²) in [4.78, 5) is 18.4. The molecule has 0 aliphatic heterocycles. The van der Waals surface area contributed by atoms with Crippen molar-refractivity contribution in [1.82, 2.24) is 15.3 Å². The largest absolute Gasteiger partial charge is 0.356 e. The van der Waals surface area contributed by atoms with Crippen LogP contribution < -0.4 is 11.1 Å². The van der Waals surface area contributed by atoms with Crippen LogP contribution in [0.2, 0.25) is 0 Å². The van der Waals surface area contributed by atoms with E-state index in [1.54, 1.807) is 6.33 Å². The highest BCUT2D eigenvalue weighted by molar-refractivity contribution is 5.76. The SMILES string of the molecule is NCCC(=O)NCCc1ccc2nc[nH]c2c1. The van der Waals surface area contributed by atoms with Crippen molar-refractivity contribution < 1.29 is 4.79 Å². The topological polar surface area (TPSA) is 83.8 Å². The lowest BCUT2D eigenvalue weighted by molar-refractivity contribution is -0.120. The first-order valence-corrected chi connectivity index (χ1v) is 5.68. The van der Waals surface area contributed by atoms with E-state index in [0.717, 1.165) is 17.5 Å². The maximum Gasteiger partial charge on any atom is 0.221 e. The van der Waals surface area contributed by atoms with Crippen LogP contribution in [-0.4, -0.2) is 29.0 Å². The molecule has 0 spiro atoms. The molecule has 1 amide bonds. The molecular formula is C12H16N4O. The Morgan fingerprint density at radius 3 is 3.18 bits per heavy atom. The molecule has 0 saturated heterocycles. The van der Waals surface area contributed by atoms with Gasteiger partial charge in [0, 0.05) is 19.5 Å². The van der Waals surface area contributed by atoms with Crippen molar-refractivity contribution in [3.63, 3.8) is 0 Å². The van der Waals surface area contributed by atoms with Crippen LogP contribution in [0.3, 0.4) is 0 Å². The first kappa shape index (κ1) is 11.6. The van der Waals surface area contributed by atoms with E-state index < -0.39 is 0 Å². The molecule has 2 rings (SSSR count). The number of nitrogens with zero attached hydrogens (tertiary/aromatic N) is 1. The highest BCUT2D eigenvalue weighted by Crippen LogP contribution is 2.11. The fourth-order valence-electron chi connectivity index (χ4n) is 1.70. The Balaban J connectivity index is 1.88. The minimum absolute atomic E-state index is 0.00937. The Labute approximate surface area is 99.4 Å². The number of aromatic nitrogens is 2. The third kappa shape index (κ3) is 3.04. The molecule has 1 aromatic carbocycles. The van der Waals surface area contributed by atoms with Gasteiger partial charge in [-0.1, -0.05) is 6.07 Å². The number of H-pyrrole nitrogens is 1. The van der Waals surface area contributed by atoms with E-state index in [2.05, 4.69) is 21.4 Å². The number of rotatable bonds is 5. The summed E-state index contributed by atoms with van der Waals surface area (Å²) in [7, 11) is 0. The fourth-order valence-corrected chi connectivity index (χ4v) is 1.70. The molecule has 0 fully saturated rings. The lowest BCUT2D eigenvalue weighted by Crippen LogP contribution is -2.27. The highest BCUT2D eigenvalue weighted by atomic mass is 16.1. The van der Waals surface area contributed by atoms with Gasteiger partial charge in [-0.3, -0.25) is 4.79 Å². The van der Waals surface area contributed by atoms with Crippen molar-refractivity contribution in [3.05, 3.63) is 30.1 Å². The normalized spacial score (nSPS) is 10.6. The molecule has 5 heteroatoms. The number of imidazole rings is 1. The van der Waals surface area contributed by atoms with Crippen LogP contribution >= 0.6 is 0 Å². The van der Waals surface area contributed by atoms with Gasteiger partial charge in [-0.2, -0.15) is 0 Å². The second kappa shape index (κ2) is 5.45. The van der Waals surface area contributed by atoms with Crippen molar-refractivity contribution in [2.75, 3.05) is 13.1 Å². The second-order valence-electron chi connectivity index (χ2n) is 3.89. The van der Waals surface area contributed by atoms with Gasteiger partial charge >= 0.3 is 0 Å². The van der Waals surface area contributed by atoms with E-state index in [1.807, 2.05) is 12.1 Å². The minimum Gasteiger partial charge on any atom is -0.356 e. The van der Waals surface area contributed by atoms with Crippen molar-refractivity contribution >= 4 is 16.9 Å². The van der Waals surface area contributed by atoms with Crippen LogP contribution in [0, 0.1) is 0 Å². The molecule has 4 N–H and O–H groups in total. The van der Waals surface area contributed by atoms with Crippen LogP contribution in [-0.2, 0) is 11.2 Å². The third-order valence-electron chi connectivity index (χ3n) is 2.59. The number of fused-ring (bicyclic) bond motifs is 1. The van der Waals surface area contributed by atoms with E-state index in [4.69, 9.17) is 5.73 Å².